The second kappa shape index (κ2) is 9.28. The number of rotatable bonds is 6. The van der Waals surface area contributed by atoms with E-state index >= 15 is 0 Å². The molecule has 3 aromatic carbocycles. The summed E-state index contributed by atoms with van der Waals surface area (Å²) >= 11 is 0. The summed E-state index contributed by atoms with van der Waals surface area (Å²) < 4.78 is 19.4. The Morgan fingerprint density at radius 3 is 2.36 bits per heavy atom. The summed E-state index contributed by atoms with van der Waals surface area (Å²) in [6.07, 6.45) is 0. The fraction of sp³-hybridized carbons (Fsp3) is 0.185. The lowest BCUT2D eigenvalue weighted by atomic mass is 9.95. The molecule has 0 bridgehead atoms. The number of ether oxygens (including phenoxy) is 1. The van der Waals surface area contributed by atoms with Crippen molar-refractivity contribution in [3.63, 3.8) is 0 Å². The van der Waals surface area contributed by atoms with Crippen LogP contribution in [0.4, 0.5) is 10.1 Å². The van der Waals surface area contributed by atoms with Crippen LogP contribution in [-0.4, -0.2) is 23.4 Å². The van der Waals surface area contributed by atoms with Crippen LogP contribution in [0.3, 0.4) is 0 Å². The summed E-state index contributed by atoms with van der Waals surface area (Å²) in [6, 6.07) is 20.1. The summed E-state index contributed by atoms with van der Waals surface area (Å²) in [6.45, 7) is 4.55. The number of hydrogen-bond donors (Lipinski definition) is 1. The van der Waals surface area contributed by atoms with E-state index in [9.17, 15) is 19.1 Å². The molecule has 1 fully saturated rings. The molecule has 1 heterocycles. The Balaban J connectivity index is 1.85. The summed E-state index contributed by atoms with van der Waals surface area (Å²) in [5, 5.41) is 11.2. The zero-order chi connectivity index (χ0) is 23.5. The quantitative estimate of drug-likeness (QED) is 0.310. The molecule has 168 valence electrons. The summed E-state index contributed by atoms with van der Waals surface area (Å²) in [7, 11) is 0. The number of halogens is 1. The molecule has 0 aromatic heterocycles. The number of ketones is 1. The molecule has 0 radical (unpaired) electrons. The van der Waals surface area contributed by atoms with Gasteiger partial charge in [0.05, 0.1) is 18.2 Å². The Labute approximate surface area is 191 Å². The number of hydrogen-bond acceptors (Lipinski definition) is 4. The largest absolute Gasteiger partial charge is 0.507 e. The van der Waals surface area contributed by atoms with Gasteiger partial charge in [0.1, 0.15) is 17.3 Å². The van der Waals surface area contributed by atoms with Gasteiger partial charge in [-0.15, -0.1) is 0 Å². The maximum Gasteiger partial charge on any atom is 0.300 e. The number of nitrogens with zero attached hydrogens (tertiary/aromatic N) is 1. The van der Waals surface area contributed by atoms with E-state index in [0.717, 1.165) is 0 Å². The Bertz CT molecular complexity index is 1200. The van der Waals surface area contributed by atoms with Crippen LogP contribution in [0, 0.1) is 11.7 Å². The molecule has 1 aliphatic heterocycles. The molecule has 5 nitrogen and oxygen atoms in total. The first-order chi connectivity index (χ1) is 15.9. The van der Waals surface area contributed by atoms with E-state index in [4.69, 9.17) is 4.74 Å². The number of para-hydroxylation sites is 1. The van der Waals surface area contributed by atoms with E-state index in [1.807, 2.05) is 13.8 Å². The number of anilines is 1. The lowest BCUT2D eigenvalue weighted by Crippen LogP contribution is -2.29. The molecule has 1 atom stereocenters. The third kappa shape index (κ3) is 4.51. The van der Waals surface area contributed by atoms with E-state index in [1.165, 1.54) is 29.2 Å². The number of Topliss-reactive ketones (excluding diaryl/α,β-unsaturated/α-hetero) is 1. The molecule has 0 spiro atoms. The van der Waals surface area contributed by atoms with Gasteiger partial charge in [-0.2, -0.15) is 0 Å². The van der Waals surface area contributed by atoms with E-state index in [1.54, 1.807) is 54.6 Å². The minimum Gasteiger partial charge on any atom is -0.507 e. The number of benzene rings is 3. The second-order valence-electron chi connectivity index (χ2n) is 8.29. The molecule has 1 amide bonds. The lowest BCUT2D eigenvalue weighted by Gasteiger charge is -2.25. The molecule has 1 N–H and O–H groups in total. The minimum absolute atomic E-state index is 0.0588. The predicted molar refractivity (Wildman–Crippen MR) is 124 cm³/mol. The third-order valence-corrected chi connectivity index (χ3v) is 5.36. The molecule has 0 aliphatic carbocycles. The summed E-state index contributed by atoms with van der Waals surface area (Å²) in [5.74, 6) is -1.45. The molecule has 0 saturated carbocycles. The highest BCUT2D eigenvalue weighted by Crippen LogP contribution is 2.42. The highest BCUT2D eigenvalue weighted by Gasteiger charge is 2.46. The average molecular weight is 445 g/mol. The number of aliphatic hydroxyl groups is 1. The molecular formula is C27H24FNO4. The van der Waals surface area contributed by atoms with Crippen molar-refractivity contribution in [2.75, 3.05) is 11.5 Å². The monoisotopic (exact) mass is 445 g/mol. The van der Waals surface area contributed by atoms with E-state index in [-0.39, 0.29) is 11.3 Å². The topological polar surface area (TPSA) is 66.8 Å². The van der Waals surface area contributed by atoms with Crippen molar-refractivity contribution in [2.24, 2.45) is 5.92 Å². The van der Waals surface area contributed by atoms with Crippen LogP contribution in [0.1, 0.15) is 31.0 Å². The normalized spacial score (nSPS) is 17.6. The molecule has 1 aliphatic rings. The first kappa shape index (κ1) is 22.3. The lowest BCUT2D eigenvalue weighted by molar-refractivity contribution is -0.132. The van der Waals surface area contributed by atoms with Crippen molar-refractivity contribution in [1.82, 2.24) is 0 Å². The van der Waals surface area contributed by atoms with Crippen molar-refractivity contribution in [2.45, 2.75) is 19.9 Å². The molecular weight excluding hydrogens is 421 g/mol. The van der Waals surface area contributed by atoms with Gasteiger partial charge in [-0.1, -0.05) is 56.3 Å². The SMILES string of the molecule is CC(C)COc1cccc(/C(O)=C2/C(=O)C(=O)N(c3ccccc3)C2c2ccc(F)cc2)c1. The highest BCUT2D eigenvalue weighted by molar-refractivity contribution is 6.51. The first-order valence-electron chi connectivity index (χ1n) is 10.7. The van der Waals surface area contributed by atoms with Crippen molar-refractivity contribution in [3.05, 3.63) is 101 Å². The zero-order valence-electron chi connectivity index (χ0n) is 18.4. The number of carbonyl (C=O) groups is 2. The van der Waals surface area contributed by atoms with Gasteiger partial charge in [0.25, 0.3) is 11.7 Å². The van der Waals surface area contributed by atoms with Crippen LogP contribution in [0.2, 0.25) is 0 Å². The van der Waals surface area contributed by atoms with Crippen LogP contribution in [0.5, 0.6) is 5.75 Å². The minimum atomic E-state index is -0.909. The van der Waals surface area contributed by atoms with Crippen LogP contribution in [-0.2, 0) is 9.59 Å². The number of aliphatic hydroxyl groups excluding tert-OH is 1. The Morgan fingerprint density at radius 1 is 1.00 bits per heavy atom. The van der Waals surface area contributed by atoms with Gasteiger partial charge in [0, 0.05) is 11.3 Å². The van der Waals surface area contributed by atoms with Crippen LogP contribution in [0.25, 0.3) is 5.76 Å². The van der Waals surface area contributed by atoms with Gasteiger partial charge in [0.2, 0.25) is 0 Å². The van der Waals surface area contributed by atoms with Crippen molar-refractivity contribution in [3.8, 4) is 5.75 Å². The highest BCUT2D eigenvalue weighted by atomic mass is 19.1. The van der Waals surface area contributed by atoms with Crippen LogP contribution >= 0.6 is 0 Å². The van der Waals surface area contributed by atoms with Crippen LogP contribution < -0.4 is 9.64 Å². The Kier molecular flexibility index (Phi) is 6.27. The maximum absolute atomic E-state index is 13.6. The third-order valence-electron chi connectivity index (χ3n) is 5.36. The molecule has 1 saturated heterocycles. The van der Waals surface area contributed by atoms with Gasteiger partial charge < -0.3 is 9.84 Å². The fourth-order valence-corrected chi connectivity index (χ4v) is 3.80. The first-order valence-corrected chi connectivity index (χ1v) is 10.7. The molecule has 6 heteroatoms. The second-order valence-corrected chi connectivity index (χ2v) is 8.29. The van der Waals surface area contributed by atoms with Crippen molar-refractivity contribution >= 4 is 23.1 Å². The molecule has 1 unspecified atom stereocenters. The van der Waals surface area contributed by atoms with Gasteiger partial charge in [-0.25, -0.2) is 4.39 Å². The molecule has 33 heavy (non-hydrogen) atoms. The van der Waals surface area contributed by atoms with Gasteiger partial charge in [0.15, 0.2) is 0 Å². The molecule has 4 rings (SSSR count). The summed E-state index contributed by atoms with van der Waals surface area (Å²) in [4.78, 5) is 27.6. The molecule has 3 aromatic rings. The smallest absolute Gasteiger partial charge is 0.300 e. The van der Waals surface area contributed by atoms with Crippen LogP contribution in [0.15, 0.2) is 84.4 Å². The number of carbonyl (C=O) groups excluding carboxylic acids is 2. The zero-order valence-corrected chi connectivity index (χ0v) is 18.4. The number of amides is 1. The van der Waals surface area contributed by atoms with E-state index < -0.39 is 23.5 Å². The van der Waals surface area contributed by atoms with E-state index in [2.05, 4.69) is 0 Å². The average Bonchev–Trinajstić information content (AvgIpc) is 3.09. The van der Waals surface area contributed by atoms with Gasteiger partial charge >= 0.3 is 0 Å². The summed E-state index contributed by atoms with van der Waals surface area (Å²) in [5.41, 5.74) is 1.31. The fourth-order valence-electron chi connectivity index (χ4n) is 3.80. The predicted octanol–water partition coefficient (Wildman–Crippen LogP) is 5.49. The maximum atomic E-state index is 13.6. The van der Waals surface area contributed by atoms with Gasteiger partial charge in [-0.3, -0.25) is 14.5 Å². The Hall–Kier alpha value is -3.93. The Morgan fingerprint density at radius 2 is 1.70 bits per heavy atom. The van der Waals surface area contributed by atoms with E-state index in [0.29, 0.717) is 35.1 Å². The standard InChI is InChI=1S/C27H24FNO4/c1-17(2)16-33-22-10-6-7-19(15-22)25(30)23-24(18-11-13-20(28)14-12-18)29(27(32)26(23)31)21-8-4-3-5-9-21/h3-15,17,24,30H,16H2,1-2H3/b25-23-. The van der Waals surface area contributed by atoms with Crippen molar-refractivity contribution < 1.29 is 23.8 Å². The van der Waals surface area contributed by atoms with Crippen molar-refractivity contribution in [1.29, 1.82) is 0 Å². The van der Waals surface area contributed by atoms with Gasteiger partial charge in [-0.05, 0) is 47.9 Å².